The van der Waals surface area contributed by atoms with Crippen molar-refractivity contribution in [2.24, 2.45) is 0 Å². The average Bonchev–Trinajstić information content (AvgIpc) is 3.24. The van der Waals surface area contributed by atoms with E-state index in [9.17, 15) is 18.4 Å². The van der Waals surface area contributed by atoms with Crippen LogP contribution in [0.2, 0.25) is 0 Å². The van der Waals surface area contributed by atoms with Crippen molar-refractivity contribution in [2.45, 2.75) is 44.5 Å². The van der Waals surface area contributed by atoms with Crippen molar-refractivity contribution in [3.63, 3.8) is 0 Å². The van der Waals surface area contributed by atoms with Crippen LogP contribution in [0.1, 0.15) is 36.0 Å². The summed E-state index contributed by atoms with van der Waals surface area (Å²) in [7, 11) is 1.31. The van der Waals surface area contributed by atoms with Crippen LogP contribution in [-0.2, 0) is 22.7 Å². The van der Waals surface area contributed by atoms with Gasteiger partial charge in [0, 0.05) is 24.2 Å². The van der Waals surface area contributed by atoms with Crippen LogP contribution in [0.25, 0.3) is 5.57 Å². The minimum atomic E-state index is -0.536. The standard InChI is InChI=1S/C30H28F2N2O4/c1-37-29(35)28-25(24-12-10-22(32)15-27(24)38-18-19-6-3-2-4-7-19)16-23-11-13-26(28)34(23)30(36)33-17-20-8-5-9-21(31)14-20/h2-10,12,14-15,23,26H,11,13,16-18H2,1H3,(H,33,36)/t23-,26+/m0/s1. The number of ether oxygens (including phenoxy) is 2. The zero-order valence-electron chi connectivity index (χ0n) is 21.0. The van der Waals surface area contributed by atoms with E-state index in [2.05, 4.69) is 5.32 Å². The molecule has 0 spiro atoms. The molecule has 1 N–H and O–H groups in total. The topological polar surface area (TPSA) is 67.9 Å². The highest BCUT2D eigenvalue weighted by molar-refractivity contribution is 6.01. The molecule has 196 valence electrons. The minimum Gasteiger partial charge on any atom is -0.488 e. The lowest BCUT2D eigenvalue weighted by Gasteiger charge is -2.37. The number of esters is 1. The molecule has 2 amide bonds. The van der Waals surface area contributed by atoms with Crippen LogP contribution >= 0.6 is 0 Å². The first-order chi connectivity index (χ1) is 18.4. The fourth-order valence-electron chi connectivity index (χ4n) is 5.36. The Kier molecular flexibility index (Phi) is 7.40. The zero-order chi connectivity index (χ0) is 26.6. The quantitative estimate of drug-likeness (QED) is 0.413. The van der Waals surface area contributed by atoms with Gasteiger partial charge >= 0.3 is 12.0 Å². The highest BCUT2D eigenvalue weighted by Gasteiger charge is 2.47. The maximum Gasteiger partial charge on any atom is 0.336 e. The maximum atomic E-state index is 14.3. The molecule has 3 aromatic rings. The predicted molar refractivity (Wildman–Crippen MR) is 138 cm³/mol. The molecule has 0 radical (unpaired) electrons. The first-order valence-electron chi connectivity index (χ1n) is 12.5. The first kappa shape index (κ1) is 25.4. The summed E-state index contributed by atoms with van der Waals surface area (Å²) >= 11 is 0. The Morgan fingerprint density at radius 2 is 1.71 bits per heavy atom. The number of benzene rings is 3. The summed E-state index contributed by atoms with van der Waals surface area (Å²) in [4.78, 5) is 28.0. The summed E-state index contributed by atoms with van der Waals surface area (Å²) in [6.45, 7) is 0.395. The van der Waals surface area contributed by atoms with Crippen LogP contribution in [0.4, 0.5) is 13.6 Å². The van der Waals surface area contributed by atoms with Crippen molar-refractivity contribution in [2.75, 3.05) is 7.11 Å². The third kappa shape index (κ3) is 5.25. The number of hydrogen-bond donors (Lipinski definition) is 1. The van der Waals surface area contributed by atoms with Gasteiger partial charge in [-0.05, 0) is 60.2 Å². The van der Waals surface area contributed by atoms with Gasteiger partial charge in [-0.15, -0.1) is 0 Å². The third-order valence-electron chi connectivity index (χ3n) is 7.08. The number of halogens is 2. The van der Waals surface area contributed by atoms with Crippen molar-refractivity contribution >= 4 is 17.6 Å². The van der Waals surface area contributed by atoms with E-state index in [0.29, 0.717) is 47.3 Å². The summed E-state index contributed by atoms with van der Waals surface area (Å²) in [6.07, 6.45) is 1.68. The molecule has 0 saturated carbocycles. The third-order valence-corrected chi connectivity index (χ3v) is 7.08. The number of hydrogen-bond acceptors (Lipinski definition) is 4. The fraction of sp³-hybridized carbons (Fsp3) is 0.267. The van der Waals surface area contributed by atoms with Crippen LogP contribution in [0.3, 0.4) is 0 Å². The second-order valence-electron chi connectivity index (χ2n) is 9.45. The van der Waals surface area contributed by atoms with E-state index in [1.807, 2.05) is 30.3 Å². The molecule has 38 heavy (non-hydrogen) atoms. The molecule has 6 nitrogen and oxygen atoms in total. The van der Waals surface area contributed by atoms with Crippen LogP contribution in [-0.4, -0.2) is 36.1 Å². The molecule has 5 rings (SSSR count). The van der Waals surface area contributed by atoms with Gasteiger partial charge in [0.05, 0.1) is 18.7 Å². The molecule has 2 aliphatic heterocycles. The Balaban J connectivity index is 1.44. The molecule has 0 unspecified atom stereocenters. The van der Waals surface area contributed by atoms with Gasteiger partial charge in [-0.25, -0.2) is 18.4 Å². The molecule has 2 heterocycles. The van der Waals surface area contributed by atoms with Gasteiger partial charge in [-0.3, -0.25) is 0 Å². The monoisotopic (exact) mass is 518 g/mol. The molecule has 2 atom stereocenters. The normalized spacial score (nSPS) is 18.3. The van der Waals surface area contributed by atoms with Gasteiger partial charge in [0.15, 0.2) is 0 Å². The Hall–Kier alpha value is -4.20. The molecule has 0 aromatic heterocycles. The molecule has 0 aliphatic carbocycles. The lowest BCUT2D eigenvalue weighted by molar-refractivity contribution is -0.136. The minimum absolute atomic E-state index is 0.159. The predicted octanol–water partition coefficient (Wildman–Crippen LogP) is 5.62. The van der Waals surface area contributed by atoms with Gasteiger partial charge in [-0.2, -0.15) is 0 Å². The summed E-state index contributed by atoms with van der Waals surface area (Å²) < 4.78 is 39.0. The van der Waals surface area contributed by atoms with Gasteiger partial charge in [0.2, 0.25) is 0 Å². The average molecular weight is 519 g/mol. The van der Waals surface area contributed by atoms with E-state index in [4.69, 9.17) is 9.47 Å². The number of rotatable bonds is 7. The van der Waals surface area contributed by atoms with Crippen molar-refractivity contribution < 1.29 is 27.8 Å². The number of carbonyl (C=O) groups excluding carboxylic acids is 2. The van der Waals surface area contributed by atoms with Crippen molar-refractivity contribution in [3.8, 4) is 5.75 Å². The first-order valence-corrected chi connectivity index (χ1v) is 12.5. The van der Waals surface area contributed by atoms with Crippen LogP contribution in [0.15, 0.2) is 78.4 Å². The maximum absolute atomic E-state index is 14.3. The highest BCUT2D eigenvalue weighted by Crippen LogP contribution is 2.45. The number of urea groups is 1. The molecule has 2 bridgehead atoms. The van der Waals surface area contributed by atoms with Crippen molar-refractivity contribution in [3.05, 3.63) is 107 Å². The largest absolute Gasteiger partial charge is 0.488 e. The molecule has 8 heteroatoms. The molecular formula is C30H28F2N2O4. The number of nitrogens with zero attached hydrogens (tertiary/aromatic N) is 1. The van der Waals surface area contributed by atoms with E-state index in [0.717, 1.165) is 5.56 Å². The summed E-state index contributed by atoms with van der Waals surface area (Å²) in [6, 6.07) is 18.9. The number of amides is 2. The lowest BCUT2D eigenvalue weighted by atomic mass is 9.88. The Morgan fingerprint density at radius 1 is 0.947 bits per heavy atom. The summed E-state index contributed by atoms with van der Waals surface area (Å²) in [5, 5.41) is 2.86. The summed E-state index contributed by atoms with van der Waals surface area (Å²) in [5.41, 5.74) is 3.24. The van der Waals surface area contributed by atoms with Crippen LogP contribution < -0.4 is 10.1 Å². The second-order valence-corrected chi connectivity index (χ2v) is 9.45. The molecule has 3 aromatic carbocycles. The zero-order valence-corrected chi connectivity index (χ0v) is 21.0. The number of fused-ring (bicyclic) bond motifs is 2. The number of methoxy groups -OCH3 is 1. The highest BCUT2D eigenvalue weighted by atomic mass is 19.1. The van der Waals surface area contributed by atoms with E-state index >= 15 is 0 Å². The van der Waals surface area contributed by atoms with E-state index < -0.39 is 17.8 Å². The Bertz CT molecular complexity index is 1380. The number of carbonyl (C=O) groups is 2. The molecular weight excluding hydrogens is 490 g/mol. The smallest absolute Gasteiger partial charge is 0.336 e. The molecule has 2 aliphatic rings. The van der Waals surface area contributed by atoms with Gasteiger partial charge in [-0.1, -0.05) is 42.5 Å². The van der Waals surface area contributed by atoms with E-state index in [1.165, 1.54) is 31.4 Å². The summed E-state index contributed by atoms with van der Waals surface area (Å²) in [5.74, 6) is -1.03. The van der Waals surface area contributed by atoms with E-state index in [1.54, 1.807) is 23.1 Å². The molecule has 1 fully saturated rings. The van der Waals surface area contributed by atoms with Crippen LogP contribution in [0.5, 0.6) is 5.75 Å². The number of nitrogens with one attached hydrogen (secondary N) is 1. The lowest BCUT2D eigenvalue weighted by Crippen LogP contribution is -2.50. The second kappa shape index (κ2) is 11.0. The van der Waals surface area contributed by atoms with Gasteiger partial charge in [0.25, 0.3) is 0 Å². The van der Waals surface area contributed by atoms with Crippen molar-refractivity contribution in [1.29, 1.82) is 0 Å². The van der Waals surface area contributed by atoms with Crippen molar-refractivity contribution in [1.82, 2.24) is 10.2 Å². The Morgan fingerprint density at radius 3 is 2.47 bits per heavy atom. The van der Waals surface area contributed by atoms with Gasteiger partial charge < -0.3 is 19.7 Å². The van der Waals surface area contributed by atoms with E-state index in [-0.39, 0.29) is 31.0 Å². The fourth-order valence-corrected chi connectivity index (χ4v) is 5.36. The SMILES string of the molecule is COC(=O)C1=C(c2ccc(F)cc2OCc2ccccc2)C[C@@H]2CC[C@H]1N2C(=O)NCc1cccc(F)c1. The van der Waals surface area contributed by atoms with Gasteiger partial charge in [0.1, 0.15) is 24.0 Å². The molecule has 1 saturated heterocycles. The van der Waals surface area contributed by atoms with Crippen LogP contribution in [0, 0.1) is 11.6 Å². The Labute approximate surface area is 219 Å².